The molecule has 0 saturated heterocycles. The van der Waals surface area contributed by atoms with Gasteiger partial charge < -0.3 is 24.6 Å². The molecule has 0 rings (SSSR count). The minimum atomic E-state index is -4.63. The molecule has 0 aliphatic rings. The number of carbonyl (C=O) groups is 2. The first kappa shape index (κ1) is 58.5. The topological polar surface area (TPSA) is 149 Å². The highest BCUT2D eigenvalue weighted by atomic mass is 31.2. The van der Waals surface area contributed by atoms with Crippen molar-refractivity contribution in [3.8, 4) is 0 Å². The van der Waals surface area contributed by atoms with Gasteiger partial charge in [0.15, 0.2) is 6.10 Å². The second-order valence-corrected chi connectivity index (χ2v) is 18.3. The molecule has 354 valence electrons. The Labute approximate surface area is 368 Å². The molecule has 1 unspecified atom stereocenters. The minimum absolute atomic E-state index is 0.181. The normalized spacial score (nSPS) is 13.9. The van der Waals surface area contributed by atoms with E-state index in [0.29, 0.717) is 12.8 Å². The zero-order chi connectivity index (χ0) is 44.0. The van der Waals surface area contributed by atoms with Crippen LogP contribution in [0.25, 0.3) is 0 Å². The maximum Gasteiger partial charge on any atom is 0.472 e. The van der Waals surface area contributed by atoms with Crippen LogP contribution < -0.4 is 0 Å². The Morgan fingerprint density at radius 3 is 1.33 bits per heavy atom. The Morgan fingerprint density at radius 2 is 0.883 bits per heavy atom. The van der Waals surface area contributed by atoms with Gasteiger partial charge in [0.05, 0.1) is 19.8 Å². The number of phosphoric acid groups is 1. The highest BCUT2D eigenvalue weighted by Crippen LogP contribution is 2.43. The van der Waals surface area contributed by atoms with E-state index in [4.69, 9.17) is 23.6 Å². The van der Waals surface area contributed by atoms with Crippen LogP contribution in [-0.2, 0) is 32.7 Å². The average molecular weight is 873 g/mol. The van der Waals surface area contributed by atoms with Crippen LogP contribution in [-0.4, -0.2) is 65.7 Å². The van der Waals surface area contributed by atoms with Crippen LogP contribution >= 0.6 is 7.82 Å². The summed E-state index contributed by atoms with van der Waals surface area (Å²) in [7, 11) is -4.63. The summed E-state index contributed by atoms with van der Waals surface area (Å²) in [6.07, 6.45) is 47.3. The first-order chi connectivity index (χ1) is 29.2. The lowest BCUT2D eigenvalue weighted by molar-refractivity contribution is -0.161. The summed E-state index contributed by atoms with van der Waals surface area (Å²) in [5.41, 5.74) is 0. The van der Waals surface area contributed by atoms with E-state index in [9.17, 15) is 24.2 Å². The van der Waals surface area contributed by atoms with Gasteiger partial charge in [-0.05, 0) is 38.5 Å². The maximum atomic E-state index is 12.7. The van der Waals surface area contributed by atoms with E-state index in [1.54, 1.807) is 0 Å². The molecule has 0 fully saturated rings. The van der Waals surface area contributed by atoms with E-state index in [2.05, 4.69) is 38.2 Å². The molecule has 60 heavy (non-hydrogen) atoms. The van der Waals surface area contributed by atoms with Crippen LogP contribution in [0.4, 0.5) is 0 Å². The fraction of sp³-hybridized carbons (Fsp3) is 0.878. The number of aliphatic hydroxyl groups is 2. The molecule has 3 atom stereocenters. The lowest BCUT2D eigenvalue weighted by Crippen LogP contribution is -2.29. The monoisotopic (exact) mass is 873 g/mol. The number of hydrogen-bond donors (Lipinski definition) is 3. The number of carbonyl (C=O) groups excluding carboxylic acids is 2. The molecule has 0 aliphatic carbocycles. The lowest BCUT2D eigenvalue weighted by atomic mass is 10.0. The number of unbranched alkanes of at least 4 members (excludes halogenated alkanes) is 29. The molecule has 0 aliphatic heterocycles. The minimum Gasteiger partial charge on any atom is -0.462 e. The Morgan fingerprint density at radius 1 is 0.500 bits per heavy atom. The molecular formula is C49H93O10P. The van der Waals surface area contributed by atoms with Crippen LogP contribution in [0, 0.1) is 0 Å². The molecule has 0 radical (unpaired) electrons. The predicted molar refractivity (Wildman–Crippen MR) is 247 cm³/mol. The van der Waals surface area contributed by atoms with Crippen molar-refractivity contribution in [1.82, 2.24) is 0 Å². The standard InChI is InChI=1S/C49H93O10P/c1-3-5-7-9-11-13-15-17-19-21-22-23-25-27-29-31-33-35-37-39-41-49(53)59-47(45-58-60(54,55)57-43-46(51)42-50)44-56-48(52)40-38-36-34-32-30-28-26-24-20-18-16-14-12-10-8-6-4-2/h26,28,32,34,46-47,50-51H,3-25,27,29-31,33,35-45H2,1-2H3,(H,54,55)/b28-26+,34-32+/t46-,47+/m0/s1. The van der Waals surface area contributed by atoms with Crippen molar-refractivity contribution in [3.05, 3.63) is 24.3 Å². The Balaban J connectivity index is 4.23. The molecule has 11 heteroatoms. The van der Waals surface area contributed by atoms with Crippen LogP contribution in [0.1, 0.15) is 239 Å². The fourth-order valence-corrected chi connectivity index (χ4v) is 7.82. The van der Waals surface area contributed by atoms with E-state index in [1.165, 1.54) is 161 Å². The van der Waals surface area contributed by atoms with Gasteiger partial charge in [0.25, 0.3) is 0 Å². The van der Waals surface area contributed by atoms with Crippen molar-refractivity contribution in [2.24, 2.45) is 0 Å². The van der Waals surface area contributed by atoms with Gasteiger partial charge in [-0.2, -0.15) is 0 Å². The van der Waals surface area contributed by atoms with Crippen molar-refractivity contribution in [3.63, 3.8) is 0 Å². The molecule has 0 aromatic heterocycles. The van der Waals surface area contributed by atoms with Gasteiger partial charge in [-0.25, -0.2) is 4.57 Å². The van der Waals surface area contributed by atoms with E-state index in [0.717, 1.165) is 38.5 Å². The van der Waals surface area contributed by atoms with Gasteiger partial charge in [-0.1, -0.05) is 212 Å². The van der Waals surface area contributed by atoms with Gasteiger partial charge >= 0.3 is 19.8 Å². The largest absolute Gasteiger partial charge is 0.472 e. The summed E-state index contributed by atoms with van der Waals surface area (Å²) in [4.78, 5) is 35.1. The summed E-state index contributed by atoms with van der Waals surface area (Å²) in [5.74, 6) is -0.965. The van der Waals surface area contributed by atoms with Crippen molar-refractivity contribution in [2.45, 2.75) is 251 Å². The summed E-state index contributed by atoms with van der Waals surface area (Å²) in [5, 5.41) is 18.4. The second kappa shape index (κ2) is 45.5. The SMILES string of the molecule is CCCCCCCCCCC/C=C/C/C=C/CCCC(=O)OC[C@H](COP(=O)(O)OC[C@@H](O)CO)OC(=O)CCCCCCCCCCCCCCCCCCCCCC. The number of ether oxygens (including phenoxy) is 2. The number of phosphoric ester groups is 1. The molecule has 0 aromatic carbocycles. The number of rotatable bonds is 47. The quantitative estimate of drug-likeness (QED) is 0.0233. The highest BCUT2D eigenvalue weighted by molar-refractivity contribution is 7.47. The average Bonchev–Trinajstić information content (AvgIpc) is 3.24. The molecule has 0 bridgehead atoms. The third kappa shape index (κ3) is 44.5. The van der Waals surface area contributed by atoms with Gasteiger partial charge in [-0.15, -0.1) is 0 Å². The van der Waals surface area contributed by atoms with Gasteiger partial charge in [0.2, 0.25) is 0 Å². The van der Waals surface area contributed by atoms with Crippen LogP contribution in [0.3, 0.4) is 0 Å². The maximum absolute atomic E-state index is 12.7. The van der Waals surface area contributed by atoms with Crippen molar-refractivity contribution in [2.75, 3.05) is 26.4 Å². The summed E-state index contributed by atoms with van der Waals surface area (Å²) >= 11 is 0. The number of allylic oxidation sites excluding steroid dienone is 4. The predicted octanol–water partition coefficient (Wildman–Crippen LogP) is 13.7. The Bertz CT molecular complexity index is 1050. The van der Waals surface area contributed by atoms with E-state index in [-0.39, 0.29) is 19.4 Å². The Kier molecular flexibility index (Phi) is 44.3. The molecule has 0 spiro atoms. The second-order valence-electron chi connectivity index (χ2n) is 16.8. The first-order valence-corrected chi connectivity index (χ1v) is 26.3. The van der Waals surface area contributed by atoms with Crippen molar-refractivity contribution >= 4 is 19.8 Å². The van der Waals surface area contributed by atoms with Gasteiger partial charge in [-0.3, -0.25) is 18.6 Å². The van der Waals surface area contributed by atoms with E-state index < -0.39 is 51.8 Å². The summed E-state index contributed by atoms with van der Waals surface area (Å²) in [6.45, 7) is 2.38. The molecule has 0 amide bonds. The number of esters is 2. The smallest absolute Gasteiger partial charge is 0.462 e. The van der Waals surface area contributed by atoms with E-state index in [1.807, 2.05) is 0 Å². The van der Waals surface area contributed by atoms with Crippen LogP contribution in [0.2, 0.25) is 0 Å². The fourth-order valence-electron chi connectivity index (χ4n) is 7.03. The Hall–Kier alpha value is -1.55. The summed E-state index contributed by atoms with van der Waals surface area (Å²) < 4.78 is 32.8. The lowest BCUT2D eigenvalue weighted by Gasteiger charge is -2.20. The molecular weight excluding hydrogens is 780 g/mol. The van der Waals surface area contributed by atoms with Crippen LogP contribution in [0.5, 0.6) is 0 Å². The summed E-state index contributed by atoms with van der Waals surface area (Å²) in [6, 6.07) is 0. The van der Waals surface area contributed by atoms with Crippen molar-refractivity contribution < 1.29 is 47.8 Å². The van der Waals surface area contributed by atoms with Gasteiger partial charge in [0.1, 0.15) is 12.7 Å². The van der Waals surface area contributed by atoms with Crippen LogP contribution in [0.15, 0.2) is 24.3 Å². The third-order valence-corrected chi connectivity index (χ3v) is 11.8. The number of aliphatic hydroxyl groups excluding tert-OH is 2. The van der Waals surface area contributed by atoms with E-state index >= 15 is 0 Å². The zero-order valence-electron chi connectivity index (χ0n) is 38.7. The first-order valence-electron chi connectivity index (χ1n) is 24.8. The third-order valence-electron chi connectivity index (χ3n) is 10.9. The molecule has 10 nitrogen and oxygen atoms in total. The molecule has 3 N–H and O–H groups in total. The van der Waals surface area contributed by atoms with Crippen molar-refractivity contribution in [1.29, 1.82) is 0 Å². The molecule has 0 saturated carbocycles. The molecule has 0 aromatic rings. The molecule has 0 heterocycles. The number of hydrogen-bond acceptors (Lipinski definition) is 9. The highest BCUT2D eigenvalue weighted by Gasteiger charge is 2.27. The van der Waals surface area contributed by atoms with Gasteiger partial charge in [0, 0.05) is 12.8 Å². The zero-order valence-corrected chi connectivity index (χ0v) is 39.6.